The summed E-state index contributed by atoms with van der Waals surface area (Å²) in [7, 11) is 0. The molecule has 1 aliphatic rings. The molecule has 1 saturated heterocycles. The van der Waals surface area contributed by atoms with E-state index in [1.807, 2.05) is 12.1 Å². The van der Waals surface area contributed by atoms with E-state index in [0.29, 0.717) is 29.4 Å². The number of anilines is 1. The Kier molecular flexibility index (Phi) is 5.27. The van der Waals surface area contributed by atoms with E-state index in [4.69, 9.17) is 9.47 Å². The van der Waals surface area contributed by atoms with Crippen molar-refractivity contribution in [2.45, 2.75) is 0 Å². The smallest absolute Gasteiger partial charge is 0.260 e. The number of carbonyl (C=O) groups is 1. The first-order valence-corrected chi connectivity index (χ1v) is 8.93. The zero-order chi connectivity index (χ0) is 18.5. The molecule has 27 heavy (non-hydrogen) atoms. The summed E-state index contributed by atoms with van der Waals surface area (Å²) in [5.41, 5.74) is 1.81. The van der Waals surface area contributed by atoms with Crippen molar-refractivity contribution in [2.24, 2.45) is 0 Å². The van der Waals surface area contributed by atoms with Crippen molar-refractivity contribution < 1.29 is 14.3 Å². The maximum atomic E-state index is 12.6. The number of H-pyrrole nitrogens is 1. The first-order chi connectivity index (χ1) is 13.3. The summed E-state index contributed by atoms with van der Waals surface area (Å²) in [6.45, 7) is 4.74. The molecule has 8 heteroatoms. The molecular formula is C19H21N5O3. The summed E-state index contributed by atoms with van der Waals surface area (Å²) in [5.74, 6) is 0.731. The Labute approximate surface area is 156 Å². The number of hydrogen-bond acceptors (Lipinski definition) is 6. The van der Waals surface area contributed by atoms with Crippen LogP contribution in [0.5, 0.6) is 5.88 Å². The molecule has 3 aromatic rings. The molecule has 0 spiro atoms. The topological polar surface area (TPSA) is 92.4 Å². The van der Waals surface area contributed by atoms with Gasteiger partial charge in [0.05, 0.1) is 24.3 Å². The van der Waals surface area contributed by atoms with E-state index in [1.54, 1.807) is 30.6 Å². The molecule has 1 aliphatic heterocycles. The van der Waals surface area contributed by atoms with Crippen LogP contribution in [0.2, 0.25) is 0 Å². The van der Waals surface area contributed by atoms with Crippen LogP contribution in [0, 0.1) is 0 Å². The first-order valence-electron chi connectivity index (χ1n) is 8.93. The van der Waals surface area contributed by atoms with E-state index in [9.17, 15) is 4.79 Å². The lowest BCUT2D eigenvalue weighted by molar-refractivity contribution is 0.0320. The molecule has 2 N–H and O–H groups in total. The maximum Gasteiger partial charge on any atom is 0.260 e. The Hall–Kier alpha value is -2.97. The van der Waals surface area contributed by atoms with E-state index in [-0.39, 0.29) is 5.91 Å². The van der Waals surface area contributed by atoms with Crippen LogP contribution in [-0.2, 0) is 4.74 Å². The van der Waals surface area contributed by atoms with Crippen molar-refractivity contribution in [3.05, 3.63) is 48.3 Å². The second-order valence-corrected chi connectivity index (χ2v) is 6.22. The number of carbonyl (C=O) groups excluding carboxylic acids is 1. The standard InChI is InChI=1S/C19H21N5O3/c25-19(22-16-3-1-2-6-20-16)14-13-21-15-4-5-17(23-18(14)15)27-12-9-24-7-10-26-11-8-24/h1-6,13,21H,7-12H2,(H,20,22,25). The third-order valence-electron chi connectivity index (χ3n) is 4.41. The molecule has 140 valence electrons. The fourth-order valence-electron chi connectivity index (χ4n) is 2.96. The van der Waals surface area contributed by atoms with Gasteiger partial charge in [-0.1, -0.05) is 6.07 Å². The Morgan fingerprint density at radius 3 is 2.96 bits per heavy atom. The Bertz CT molecular complexity index is 906. The van der Waals surface area contributed by atoms with Gasteiger partial charge in [-0.05, 0) is 18.2 Å². The monoisotopic (exact) mass is 367 g/mol. The fourth-order valence-corrected chi connectivity index (χ4v) is 2.96. The second kappa shape index (κ2) is 8.15. The van der Waals surface area contributed by atoms with E-state index < -0.39 is 0 Å². The Balaban J connectivity index is 1.43. The quantitative estimate of drug-likeness (QED) is 0.692. The number of aromatic nitrogens is 3. The normalized spacial score (nSPS) is 15.0. The molecule has 0 saturated carbocycles. The molecule has 0 atom stereocenters. The highest BCUT2D eigenvalue weighted by atomic mass is 16.5. The molecule has 0 radical (unpaired) electrons. The van der Waals surface area contributed by atoms with Crippen molar-refractivity contribution in [1.29, 1.82) is 0 Å². The highest BCUT2D eigenvalue weighted by Gasteiger charge is 2.15. The highest BCUT2D eigenvalue weighted by Crippen LogP contribution is 2.20. The number of amides is 1. The molecule has 8 nitrogen and oxygen atoms in total. The van der Waals surface area contributed by atoms with Gasteiger partial charge in [0.15, 0.2) is 0 Å². The van der Waals surface area contributed by atoms with Crippen molar-refractivity contribution in [2.75, 3.05) is 44.8 Å². The molecule has 1 amide bonds. The number of ether oxygens (including phenoxy) is 2. The number of hydrogen-bond donors (Lipinski definition) is 2. The number of aromatic amines is 1. The largest absolute Gasteiger partial charge is 0.476 e. The highest BCUT2D eigenvalue weighted by molar-refractivity contribution is 6.11. The van der Waals surface area contributed by atoms with Crippen molar-refractivity contribution >= 4 is 22.8 Å². The van der Waals surface area contributed by atoms with Crippen LogP contribution in [0.3, 0.4) is 0 Å². The van der Waals surface area contributed by atoms with Gasteiger partial charge in [-0.2, -0.15) is 0 Å². The lowest BCUT2D eigenvalue weighted by Crippen LogP contribution is -2.38. The average Bonchev–Trinajstić information content (AvgIpc) is 3.13. The van der Waals surface area contributed by atoms with Gasteiger partial charge in [-0.15, -0.1) is 0 Å². The van der Waals surface area contributed by atoms with Crippen molar-refractivity contribution in [3.8, 4) is 5.88 Å². The van der Waals surface area contributed by atoms with Gasteiger partial charge in [0.2, 0.25) is 5.88 Å². The Morgan fingerprint density at radius 2 is 2.15 bits per heavy atom. The van der Waals surface area contributed by atoms with E-state index in [2.05, 4.69) is 25.2 Å². The number of nitrogens with zero attached hydrogens (tertiary/aromatic N) is 3. The molecule has 0 bridgehead atoms. The van der Waals surface area contributed by atoms with Crippen LogP contribution < -0.4 is 10.1 Å². The first kappa shape index (κ1) is 17.4. The lowest BCUT2D eigenvalue weighted by Gasteiger charge is -2.26. The van der Waals surface area contributed by atoms with E-state index in [0.717, 1.165) is 38.4 Å². The third kappa shape index (κ3) is 4.24. The zero-order valence-electron chi connectivity index (χ0n) is 14.9. The van der Waals surface area contributed by atoms with Crippen LogP contribution in [0.15, 0.2) is 42.7 Å². The number of fused-ring (bicyclic) bond motifs is 1. The van der Waals surface area contributed by atoms with Crippen molar-refractivity contribution in [3.63, 3.8) is 0 Å². The van der Waals surface area contributed by atoms with E-state index in [1.165, 1.54) is 0 Å². The van der Waals surface area contributed by atoms with Gasteiger partial charge in [0.1, 0.15) is 17.9 Å². The average molecular weight is 367 g/mol. The molecule has 3 aromatic heterocycles. The minimum Gasteiger partial charge on any atom is -0.476 e. The van der Waals surface area contributed by atoms with Gasteiger partial charge < -0.3 is 19.8 Å². The summed E-state index contributed by atoms with van der Waals surface area (Å²) >= 11 is 0. The Morgan fingerprint density at radius 1 is 1.26 bits per heavy atom. The fraction of sp³-hybridized carbons (Fsp3) is 0.316. The SMILES string of the molecule is O=C(Nc1ccccn1)c1c[nH]c2ccc(OCCN3CCOCC3)nc12. The summed E-state index contributed by atoms with van der Waals surface area (Å²) in [4.78, 5) is 26.5. The molecular weight excluding hydrogens is 346 g/mol. The van der Waals surface area contributed by atoms with Crippen LogP contribution in [0.4, 0.5) is 5.82 Å². The zero-order valence-corrected chi connectivity index (χ0v) is 14.9. The van der Waals surface area contributed by atoms with E-state index >= 15 is 0 Å². The minimum absolute atomic E-state index is 0.266. The number of pyridine rings is 2. The predicted molar refractivity (Wildman–Crippen MR) is 101 cm³/mol. The summed E-state index contributed by atoms with van der Waals surface area (Å²) in [6, 6.07) is 9.02. The van der Waals surface area contributed by atoms with Crippen LogP contribution in [0.1, 0.15) is 10.4 Å². The summed E-state index contributed by atoms with van der Waals surface area (Å²) < 4.78 is 11.1. The summed E-state index contributed by atoms with van der Waals surface area (Å²) in [6.07, 6.45) is 3.27. The number of rotatable bonds is 6. The molecule has 0 aromatic carbocycles. The van der Waals surface area contributed by atoms with Gasteiger partial charge in [-0.25, -0.2) is 9.97 Å². The number of nitrogens with one attached hydrogen (secondary N) is 2. The third-order valence-corrected chi connectivity index (χ3v) is 4.41. The number of morpholine rings is 1. The molecule has 0 unspecified atom stereocenters. The second-order valence-electron chi connectivity index (χ2n) is 6.22. The van der Waals surface area contributed by atoms with Crippen molar-refractivity contribution in [1.82, 2.24) is 19.9 Å². The molecule has 0 aliphatic carbocycles. The lowest BCUT2D eigenvalue weighted by atomic mass is 10.2. The van der Waals surface area contributed by atoms with Gasteiger partial charge in [0, 0.05) is 38.1 Å². The molecule has 4 heterocycles. The maximum absolute atomic E-state index is 12.6. The van der Waals surface area contributed by atoms with Gasteiger partial charge >= 0.3 is 0 Å². The van der Waals surface area contributed by atoms with Crippen LogP contribution in [0.25, 0.3) is 11.0 Å². The molecule has 1 fully saturated rings. The predicted octanol–water partition coefficient (Wildman–Crippen LogP) is 1.92. The molecule has 4 rings (SSSR count). The van der Waals surface area contributed by atoms with Gasteiger partial charge in [0.25, 0.3) is 5.91 Å². The van der Waals surface area contributed by atoms with Crippen LogP contribution >= 0.6 is 0 Å². The minimum atomic E-state index is -0.266. The van der Waals surface area contributed by atoms with Gasteiger partial charge in [-0.3, -0.25) is 9.69 Å². The summed E-state index contributed by atoms with van der Waals surface area (Å²) in [5, 5.41) is 2.77. The van der Waals surface area contributed by atoms with Crippen LogP contribution in [-0.4, -0.2) is 65.2 Å².